The predicted molar refractivity (Wildman–Crippen MR) is 113 cm³/mol. The SMILES string of the molecule is COc1ccc(C(C)=O)cc1CN1CCCN(S(=O)(=O)c2ccc(C)cc2)CC1. The Labute approximate surface area is 173 Å². The van der Waals surface area contributed by atoms with Gasteiger partial charge in [0.1, 0.15) is 5.75 Å². The van der Waals surface area contributed by atoms with Crippen LogP contribution in [0.2, 0.25) is 0 Å². The molecule has 1 fully saturated rings. The Morgan fingerprint density at radius 2 is 1.76 bits per heavy atom. The van der Waals surface area contributed by atoms with E-state index in [2.05, 4.69) is 4.90 Å². The third-order valence-electron chi connectivity index (χ3n) is 5.29. The molecule has 29 heavy (non-hydrogen) atoms. The highest BCUT2D eigenvalue weighted by Gasteiger charge is 2.27. The lowest BCUT2D eigenvalue weighted by Gasteiger charge is -2.23. The number of carbonyl (C=O) groups excluding carboxylic acids is 1. The standard InChI is InChI=1S/C22H28N2O4S/c1-17-5-8-21(9-6-17)29(26,27)24-12-4-11-23(13-14-24)16-20-15-19(18(2)25)7-10-22(20)28-3/h5-10,15H,4,11-14,16H2,1-3H3. The third kappa shape index (κ3) is 5.04. The minimum atomic E-state index is -3.49. The van der Waals surface area contributed by atoms with Crippen molar-refractivity contribution < 1.29 is 17.9 Å². The van der Waals surface area contributed by atoms with Crippen LogP contribution >= 0.6 is 0 Å². The fourth-order valence-corrected chi connectivity index (χ4v) is 5.04. The molecule has 0 unspecified atom stereocenters. The molecule has 1 heterocycles. The van der Waals surface area contributed by atoms with Crippen molar-refractivity contribution in [3.8, 4) is 5.75 Å². The molecule has 0 atom stereocenters. The quantitative estimate of drug-likeness (QED) is 0.677. The molecular weight excluding hydrogens is 388 g/mol. The molecule has 1 aliphatic rings. The highest BCUT2D eigenvalue weighted by atomic mass is 32.2. The van der Waals surface area contributed by atoms with Crippen molar-refractivity contribution in [2.45, 2.75) is 31.7 Å². The van der Waals surface area contributed by atoms with Gasteiger partial charge in [-0.25, -0.2) is 8.42 Å². The number of ether oxygens (including phenoxy) is 1. The maximum atomic E-state index is 13.0. The summed E-state index contributed by atoms with van der Waals surface area (Å²) in [7, 11) is -1.88. The number of ketones is 1. The van der Waals surface area contributed by atoms with Crippen LogP contribution in [0.15, 0.2) is 47.4 Å². The number of hydrogen-bond acceptors (Lipinski definition) is 5. The minimum absolute atomic E-state index is 0.0140. The molecule has 156 valence electrons. The van der Waals surface area contributed by atoms with Crippen molar-refractivity contribution >= 4 is 15.8 Å². The molecule has 0 saturated carbocycles. The van der Waals surface area contributed by atoms with Crippen molar-refractivity contribution in [1.82, 2.24) is 9.21 Å². The Kier molecular flexibility index (Phi) is 6.72. The van der Waals surface area contributed by atoms with Gasteiger partial charge in [0.05, 0.1) is 12.0 Å². The average molecular weight is 417 g/mol. The average Bonchev–Trinajstić information content (AvgIpc) is 2.94. The van der Waals surface area contributed by atoms with Gasteiger partial charge in [-0.3, -0.25) is 9.69 Å². The number of hydrogen-bond donors (Lipinski definition) is 0. The first-order chi connectivity index (χ1) is 13.8. The summed E-state index contributed by atoms with van der Waals surface area (Å²) in [5.74, 6) is 0.753. The predicted octanol–water partition coefficient (Wildman–Crippen LogP) is 3.10. The van der Waals surface area contributed by atoms with Crippen molar-refractivity contribution in [2.75, 3.05) is 33.3 Å². The van der Waals surface area contributed by atoms with E-state index in [1.165, 1.54) is 0 Å². The smallest absolute Gasteiger partial charge is 0.243 e. The molecule has 1 saturated heterocycles. The Balaban J connectivity index is 1.73. The van der Waals surface area contributed by atoms with E-state index >= 15 is 0 Å². The first-order valence-electron chi connectivity index (χ1n) is 9.78. The van der Waals surface area contributed by atoms with Crippen LogP contribution < -0.4 is 4.74 Å². The Bertz CT molecular complexity index is 971. The van der Waals surface area contributed by atoms with Crippen molar-refractivity contribution in [3.05, 3.63) is 59.2 Å². The zero-order chi connectivity index (χ0) is 21.0. The number of Topliss-reactive ketones (excluding diaryl/α,β-unsaturated/α-hetero) is 1. The van der Waals surface area contributed by atoms with Gasteiger partial charge in [0.2, 0.25) is 10.0 Å². The molecule has 0 aromatic heterocycles. The first-order valence-corrected chi connectivity index (χ1v) is 11.2. The molecule has 7 heteroatoms. The second kappa shape index (κ2) is 9.07. The molecule has 0 aliphatic carbocycles. The third-order valence-corrected chi connectivity index (χ3v) is 7.20. The van der Waals surface area contributed by atoms with E-state index in [0.29, 0.717) is 36.6 Å². The molecule has 0 radical (unpaired) electrons. The second-order valence-electron chi connectivity index (χ2n) is 7.43. The van der Waals surface area contributed by atoms with E-state index in [9.17, 15) is 13.2 Å². The van der Waals surface area contributed by atoms with Gasteiger partial charge < -0.3 is 4.74 Å². The lowest BCUT2D eigenvalue weighted by molar-refractivity contribution is 0.101. The maximum Gasteiger partial charge on any atom is 0.243 e. The zero-order valence-electron chi connectivity index (χ0n) is 17.2. The summed E-state index contributed by atoms with van der Waals surface area (Å²) >= 11 is 0. The van der Waals surface area contributed by atoms with E-state index < -0.39 is 10.0 Å². The molecule has 2 aromatic rings. The summed E-state index contributed by atoms with van der Waals surface area (Å²) in [6.07, 6.45) is 0.750. The number of aryl methyl sites for hydroxylation is 1. The number of benzene rings is 2. The Morgan fingerprint density at radius 1 is 1.03 bits per heavy atom. The zero-order valence-corrected chi connectivity index (χ0v) is 18.0. The molecule has 3 rings (SSSR count). The fraction of sp³-hybridized carbons (Fsp3) is 0.409. The molecule has 1 aliphatic heterocycles. The van der Waals surface area contributed by atoms with Crippen LogP contribution in [0.5, 0.6) is 5.75 Å². The summed E-state index contributed by atoms with van der Waals surface area (Å²) < 4.78 is 33.0. The van der Waals surface area contributed by atoms with E-state index in [1.54, 1.807) is 36.5 Å². The van der Waals surface area contributed by atoms with Gasteiger partial charge in [-0.15, -0.1) is 0 Å². The van der Waals surface area contributed by atoms with Crippen molar-refractivity contribution in [3.63, 3.8) is 0 Å². The lowest BCUT2D eigenvalue weighted by atomic mass is 10.1. The van der Waals surface area contributed by atoms with Crippen molar-refractivity contribution in [1.29, 1.82) is 0 Å². The van der Waals surface area contributed by atoms with Crippen LogP contribution in [0, 0.1) is 6.92 Å². The van der Waals surface area contributed by atoms with E-state index in [-0.39, 0.29) is 5.78 Å². The first kappa shape index (κ1) is 21.5. The minimum Gasteiger partial charge on any atom is -0.496 e. The van der Waals surface area contributed by atoms with Crippen molar-refractivity contribution in [2.24, 2.45) is 0 Å². The summed E-state index contributed by atoms with van der Waals surface area (Å²) in [4.78, 5) is 14.3. The summed E-state index contributed by atoms with van der Waals surface area (Å²) in [5.41, 5.74) is 2.63. The summed E-state index contributed by atoms with van der Waals surface area (Å²) in [6.45, 7) is 6.44. The van der Waals surface area contributed by atoms with Gasteiger partial charge in [0.25, 0.3) is 0 Å². The second-order valence-corrected chi connectivity index (χ2v) is 9.37. The normalized spacial score (nSPS) is 16.4. The number of sulfonamides is 1. The highest BCUT2D eigenvalue weighted by molar-refractivity contribution is 7.89. The van der Waals surface area contributed by atoms with E-state index in [0.717, 1.165) is 29.8 Å². The number of rotatable bonds is 6. The van der Waals surface area contributed by atoms with Gasteiger partial charge in [0.15, 0.2) is 5.78 Å². The summed E-state index contributed by atoms with van der Waals surface area (Å²) in [6, 6.07) is 12.4. The van der Waals surface area contributed by atoms with Crippen LogP contribution in [-0.2, 0) is 16.6 Å². The molecule has 6 nitrogen and oxygen atoms in total. The van der Waals surface area contributed by atoms with E-state index in [4.69, 9.17) is 4.74 Å². The molecule has 0 N–H and O–H groups in total. The van der Waals surface area contributed by atoms with Gasteiger partial charge in [-0.2, -0.15) is 4.31 Å². The monoisotopic (exact) mass is 416 g/mol. The highest BCUT2D eigenvalue weighted by Crippen LogP contribution is 2.24. The summed E-state index contributed by atoms with van der Waals surface area (Å²) in [5, 5.41) is 0. The van der Waals surface area contributed by atoms with E-state index in [1.807, 2.05) is 31.2 Å². The van der Waals surface area contributed by atoms with Gasteiger partial charge in [0, 0.05) is 37.3 Å². The molecular formula is C22H28N2O4S. The van der Waals surface area contributed by atoms with Crippen LogP contribution in [0.3, 0.4) is 0 Å². The largest absolute Gasteiger partial charge is 0.496 e. The Morgan fingerprint density at radius 3 is 2.41 bits per heavy atom. The topological polar surface area (TPSA) is 66.9 Å². The van der Waals surface area contributed by atoms with Crippen LogP contribution in [0.4, 0.5) is 0 Å². The van der Waals surface area contributed by atoms with Gasteiger partial charge in [-0.05, 0) is 57.1 Å². The van der Waals surface area contributed by atoms with Crippen LogP contribution in [0.25, 0.3) is 0 Å². The number of methoxy groups -OCH3 is 1. The molecule has 0 bridgehead atoms. The molecule has 2 aromatic carbocycles. The van der Waals surface area contributed by atoms with Gasteiger partial charge in [-0.1, -0.05) is 17.7 Å². The van der Waals surface area contributed by atoms with Gasteiger partial charge >= 0.3 is 0 Å². The fourth-order valence-electron chi connectivity index (χ4n) is 3.57. The lowest BCUT2D eigenvalue weighted by Crippen LogP contribution is -2.35. The number of carbonyl (C=O) groups is 1. The Hall–Kier alpha value is -2.22. The number of nitrogens with zero attached hydrogens (tertiary/aromatic N) is 2. The van der Waals surface area contributed by atoms with Crippen LogP contribution in [0.1, 0.15) is 34.8 Å². The van der Waals surface area contributed by atoms with Crippen LogP contribution in [-0.4, -0.2) is 56.7 Å². The maximum absolute atomic E-state index is 13.0. The molecule has 0 amide bonds. The molecule has 0 spiro atoms.